The summed E-state index contributed by atoms with van der Waals surface area (Å²) in [6.45, 7) is 1.88. The molecule has 0 saturated heterocycles. The summed E-state index contributed by atoms with van der Waals surface area (Å²) in [5.41, 5.74) is 1.56. The van der Waals surface area contributed by atoms with Gasteiger partial charge in [0.2, 0.25) is 5.95 Å². The van der Waals surface area contributed by atoms with Gasteiger partial charge in [-0.05, 0) is 25.1 Å². The first kappa shape index (κ1) is 10.7. The molecule has 4 nitrogen and oxygen atoms in total. The average molecular weight is 236 g/mol. The van der Waals surface area contributed by atoms with E-state index in [0.717, 1.165) is 5.69 Å². The lowest BCUT2D eigenvalue weighted by Crippen LogP contribution is -1.97. The molecule has 0 aliphatic rings. The Kier molecular flexibility index (Phi) is 2.92. The Bertz CT molecular complexity index is 516. The van der Waals surface area contributed by atoms with Crippen LogP contribution in [-0.4, -0.2) is 15.1 Å². The molecule has 16 heavy (non-hydrogen) atoms. The monoisotopic (exact) mass is 235 g/mol. The van der Waals surface area contributed by atoms with E-state index in [4.69, 9.17) is 11.6 Å². The van der Waals surface area contributed by atoms with Crippen LogP contribution < -0.4 is 5.32 Å². The van der Waals surface area contributed by atoms with Gasteiger partial charge in [-0.15, -0.1) is 0 Å². The van der Waals surface area contributed by atoms with E-state index in [1.807, 2.05) is 13.0 Å². The molecule has 82 valence electrons. The first-order valence-electron chi connectivity index (χ1n) is 4.70. The summed E-state index contributed by atoms with van der Waals surface area (Å²) in [6, 6.07) is 6.68. The molecule has 0 saturated carbocycles. The van der Waals surface area contributed by atoms with Gasteiger partial charge in [0, 0.05) is 23.6 Å². The van der Waals surface area contributed by atoms with Crippen LogP contribution in [0.2, 0.25) is 5.02 Å². The number of aromatic nitrogens is 2. The van der Waals surface area contributed by atoms with E-state index < -0.39 is 0 Å². The maximum atomic E-state index is 9.42. The van der Waals surface area contributed by atoms with E-state index >= 15 is 0 Å². The molecular formula is C11H10ClN3O. The highest BCUT2D eigenvalue weighted by atomic mass is 35.5. The molecule has 0 amide bonds. The second-order valence-electron chi connectivity index (χ2n) is 3.31. The Balaban J connectivity index is 2.24. The van der Waals surface area contributed by atoms with E-state index in [2.05, 4.69) is 15.3 Å². The fourth-order valence-electron chi connectivity index (χ4n) is 1.23. The van der Waals surface area contributed by atoms with Crippen LogP contribution in [0.1, 0.15) is 5.69 Å². The van der Waals surface area contributed by atoms with Gasteiger partial charge in [0.1, 0.15) is 5.75 Å². The van der Waals surface area contributed by atoms with Crippen LogP contribution in [0, 0.1) is 6.92 Å². The van der Waals surface area contributed by atoms with Crippen LogP contribution in [-0.2, 0) is 0 Å². The van der Waals surface area contributed by atoms with E-state index in [-0.39, 0.29) is 5.75 Å². The van der Waals surface area contributed by atoms with E-state index in [1.54, 1.807) is 18.3 Å². The first-order valence-corrected chi connectivity index (χ1v) is 5.08. The van der Waals surface area contributed by atoms with Crippen molar-refractivity contribution in [3.63, 3.8) is 0 Å². The number of hydrogen-bond acceptors (Lipinski definition) is 4. The second-order valence-corrected chi connectivity index (χ2v) is 3.72. The number of aromatic hydroxyl groups is 1. The van der Waals surface area contributed by atoms with Crippen molar-refractivity contribution >= 4 is 23.2 Å². The van der Waals surface area contributed by atoms with Gasteiger partial charge in [-0.2, -0.15) is 0 Å². The number of halogens is 1. The zero-order valence-electron chi connectivity index (χ0n) is 8.61. The third kappa shape index (κ3) is 2.41. The molecule has 0 fully saturated rings. The largest absolute Gasteiger partial charge is 0.506 e. The Hall–Kier alpha value is -1.81. The van der Waals surface area contributed by atoms with E-state index in [9.17, 15) is 5.11 Å². The lowest BCUT2D eigenvalue weighted by Gasteiger charge is -2.05. The van der Waals surface area contributed by atoms with Crippen LogP contribution >= 0.6 is 11.6 Å². The molecule has 1 aromatic carbocycles. The zero-order valence-corrected chi connectivity index (χ0v) is 9.36. The van der Waals surface area contributed by atoms with Crippen molar-refractivity contribution in [1.82, 2.24) is 9.97 Å². The molecule has 0 radical (unpaired) electrons. The van der Waals surface area contributed by atoms with Crippen molar-refractivity contribution in [2.45, 2.75) is 6.92 Å². The maximum absolute atomic E-state index is 9.42. The Morgan fingerprint density at radius 1 is 1.31 bits per heavy atom. The van der Waals surface area contributed by atoms with E-state index in [0.29, 0.717) is 16.7 Å². The molecule has 2 rings (SSSR count). The summed E-state index contributed by atoms with van der Waals surface area (Å²) in [6.07, 6.45) is 1.67. The number of benzene rings is 1. The normalized spacial score (nSPS) is 10.1. The first-order chi connectivity index (χ1) is 7.65. The van der Waals surface area contributed by atoms with Gasteiger partial charge in [0.15, 0.2) is 0 Å². The Labute approximate surface area is 97.9 Å². The Morgan fingerprint density at radius 3 is 2.81 bits per heavy atom. The highest BCUT2D eigenvalue weighted by Crippen LogP contribution is 2.27. The molecule has 0 bridgehead atoms. The van der Waals surface area contributed by atoms with Gasteiger partial charge in [-0.25, -0.2) is 9.97 Å². The molecule has 0 aliphatic heterocycles. The summed E-state index contributed by atoms with van der Waals surface area (Å²) in [5.74, 6) is 0.515. The summed E-state index contributed by atoms with van der Waals surface area (Å²) in [5, 5.41) is 12.7. The molecule has 0 spiro atoms. The SMILES string of the molecule is Cc1ccnc(Nc2ccc(Cl)c(O)c2)n1. The summed E-state index contributed by atoms with van der Waals surface area (Å²) < 4.78 is 0. The zero-order chi connectivity index (χ0) is 11.5. The third-order valence-electron chi connectivity index (χ3n) is 2.00. The fraction of sp³-hybridized carbons (Fsp3) is 0.0909. The molecule has 1 heterocycles. The number of rotatable bonds is 2. The van der Waals surface area contributed by atoms with Crippen LogP contribution in [0.5, 0.6) is 5.75 Å². The van der Waals surface area contributed by atoms with Crippen molar-refractivity contribution in [2.75, 3.05) is 5.32 Å². The minimum atomic E-state index is 0.0271. The number of nitrogens with one attached hydrogen (secondary N) is 1. The van der Waals surface area contributed by atoms with Crippen molar-refractivity contribution in [1.29, 1.82) is 0 Å². The molecular weight excluding hydrogens is 226 g/mol. The van der Waals surface area contributed by atoms with Gasteiger partial charge in [0.05, 0.1) is 5.02 Å². The van der Waals surface area contributed by atoms with Gasteiger partial charge in [-0.1, -0.05) is 11.6 Å². The molecule has 0 unspecified atom stereocenters. The number of phenols is 1. The molecule has 2 aromatic rings. The van der Waals surface area contributed by atoms with Crippen LogP contribution in [0.15, 0.2) is 30.5 Å². The highest BCUT2D eigenvalue weighted by molar-refractivity contribution is 6.32. The predicted octanol–water partition coefficient (Wildman–Crippen LogP) is 2.89. The fourth-order valence-corrected chi connectivity index (χ4v) is 1.35. The van der Waals surface area contributed by atoms with Crippen molar-refractivity contribution in [2.24, 2.45) is 0 Å². The number of hydrogen-bond donors (Lipinski definition) is 2. The third-order valence-corrected chi connectivity index (χ3v) is 2.32. The number of aryl methyl sites for hydroxylation is 1. The maximum Gasteiger partial charge on any atom is 0.227 e. The molecule has 0 atom stereocenters. The van der Waals surface area contributed by atoms with E-state index in [1.165, 1.54) is 6.07 Å². The van der Waals surface area contributed by atoms with Crippen molar-refractivity contribution in [3.05, 3.63) is 41.2 Å². The van der Waals surface area contributed by atoms with Crippen molar-refractivity contribution < 1.29 is 5.11 Å². The topological polar surface area (TPSA) is 58.0 Å². The second kappa shape index (κ2) is 4.37. The Morgan fingerprint density at radius 2 is 2.12 bits per heavy atom. The lowest BCUT2D eigenvalue weighted by atomic mass is 10.3. The molecule has 0 aliphatic carbocycles. The molecule has 2 N–H and O–H groups in total. The van der Waals surface area contributed by atoms with Gasteiger partial charge < -0.3 is 10.4 Å². The van der Waals surface area contributed by atoms with Gasteiger partial charge in [0.25, 0.3) is 0 Å². The van der Waals surface area contributed by atoms with Crippen LogP contribution in [0.4, 0.5) is 11.6 Å². The van der Waals surface area contributed by atoms with Gasteiger partial charge in [-0.3, -0.25) is 0 Å². The summed E-state index contributed by atoms with van der Waals surface area (Å²) >= 11 is 5.70. The number of nitrogens with zero attached hydrogens (tertiary/aromatic N) is 2. The smallest absolute Gasteiger partial charge is 0.227 e. The molecule has 5 heteroatoms. The van der Waals surface area contributed by atoms with Crippen molar-refractivity contribution in [3.8, 4) is 5.75 Å². The van der Waals surface area contributed by atoms with Crippen LogP contribution in [0.3, 0.4) is 0 Å². The summed E-state index contributed by atoms with van der Waals surface area (Å²) in [7, 11) is 0. The van der Waals surface area contributed by atoms with Crippen LogP contribution in [0.25, 0.3) is 0 Å². The standard InChI is InChI=1S/C11H10ClN3O/c1-7-4-5-13-11(14-7)15-8-2-3-9(12)10(16)6-8/h2-6,16H,1H3,(H,13,14,15). The number of anilines is 2. The number of phenolic OH excluding ortho intramolecular Hbond substituents is 1. The molecule has 1 aromatic heterocycles. The summed E-state index contributed by atoms with van der Waals surface area (Å²) in [4.78, 5) is 8.23. The average Bonchev–Trinajstić information content (AvgIpc) is 2.24. The lowest BCUT2D eigenvalue weighted by molar-refractivity contribution is 0.476. The quantitative estimate of drug-likeness (QED) is 0.840. The minimum Gasteiger partial charge on any atom is -0.506 e. The minimum absolute atomic E-state index is 0.0271. The predicted molar refractivity (Wildman–Crippen MR) is 63.2 cm³/mol. The highest BCUT2D eigenvalue weighted by Gasteiger charge is 2.01. The van der Waals surface area contributed by atoms with Gasteiger partial charge >= 0.3 is 0 Å².